The maximum absolute atomic E-state index is 9.91. The first-order valence-corrected chi connectivity index (χ1v) is 7.34. The Morgan fingerprint density at radius 2 is 1.67 bits per heavy atom. The van der Waals surface area contributed by atoms with Crippen molar-refractivity contribution in [3.8, 4) is 17.2 Å². The van der Waals surface area contributed by atoms with Crippen LogP contribution in [0, 0.1) is 0 Å². The number of benzene rings is 1. The minimum absolute atomic E-state index is 0.0110. The Hall–Kier alpha value is -1.91. The van der Waals surface area contributed by atoms with Crippen molar-refractivity contribution in [2.45, 2.75) is 45.2 Å². The number of hydrazone groups is 1. The molecule has 2 rings (SSSR count). The predicted molar refractivity (Wildman–Crippen MR) is 83.4 cm³/mol. The fourth-order valence-electron chi connectivity index (χ4n) is 2.76. The van der Waals surface area contributed by atoms with Crippen LogP contribution >= 0.6 is 0 Å². The molecule has 0 amide bonds. The highest BCUT2D eigenvalue weighted by atomic mass is 16.5. The lowest BCUT2D eigenvalue weighted by atomic mass is 10.00. The summed E-state index contributed by atoms with van der Waals surface area (Å²) in [7, 11) is 3.04. The first kappa shape index (κ1) is 15.5. The molecule has 1 aliphatic heterocycles. The maximum atomic E-state index is 9.91. The minimum Gasteiger partial charge on any atom is -0.502 e. The van der Waals surface area contributed by atoms with Crippen LogP contribution in [0.4, 0.5) is 0 Å². The molecule has 1 saturated heterocycles. The van der Waals surface area contributed by atoms with Gasteiger partial charge in [0.2, 0.25) is 5.75 Å². The molecule has 0 bridgehead atoms. The van der Waals surface area contributed by atoms with Gasteiger partial charge in [0.05, 0.1) is 20.4 Å². The molecule has 5 nitrogen and oxygen atoms in total. The molecule has 1 aromatic rings. The van der Waals surface area contributed by atoms with Crippen LogP contribution in [0.3, 0.4) is 0 Å². The van der Waals surface area contributed by atoms with Crippen molar-refractivity contribution in [3.63, 3.8) is 0 Å². The zero-order valence-electron chi connectivity index (χ0n) is 13.2. The molecular weight excluding hydrogens is 268 g/mol. The summed E-state index contributed by atoms with van der Waals surface area (Å²) in [5.41, 5.74) is 0.839. The maximum Gasteiger partial charge on any atom is 0.200 e. The number of phenolic OH excluding ortho intramolecular Hbond substituents is 1. The summed E-state index contributed by atoms with van der Waals surface area (Å²) in [5, 5.41) is 16.7. The smallest absolute Gasteiger partial charge is 0.200 e. The molecule has 1 aliphatic rings. The highest BCUT2D eigenvalue weighted by Crippen LogP contribution is 2.36. The lowest BCUT2D eigenvalue weighted by Crippen LogP contribution is -2.39. The standard InChI is InChI=1S/C16H24N2O3/c1-11-6-5-7-12(2)18(11)17-10-13-8-14(20-3)16(19)15(9-13)21-4/h8-12,19H,5-7H2,1-4H3/b17-10+/t11-,12-/m1/s1. The van der Waals surface area contributed by atoms with Crippen molar-refractivity contribution >= 4 is 6.21 Å². The molecule has 0 radical (unpaired) electrons. The van der Waals surface area contributed by atoms with E-state index < -0.39 is 0 Å². The topological polar surface area (TPSA) is 54.3 Å². The van der Waals surface area contributed by atoms with Crippen molar-refractivity contribution in [2.24, 2.45) is 5.10 Å². The Labute approximate surface area is 126 Å². The van der Waals surface area contributed by atoms with E-state index in [2.05, 4.69) is 24.0 Å². The molecule has 1 heterocycles. The number of piperidine rings is 1. The average Bonchev–Trinajstić information content (AvgIpc) is 2.48. The van der Waals surface area contributed by atoms with Crippen LogP contribution in [0.5, 0.6) is 17.2 Å². The van der Waals surface area contributed by atoms with E-state index in [-0.39, 0.29) is 5.75 Å². The van der Waals surface area contributed by atoms with E-state index in [0.29, 0.717) is 23.6 Å². The Balaban J connectivity index is 2.24. The third-order valence-electron chi connectivity index (χ3n) is 3.99. The number of hydrogen-bond acceptors (Lipinski definition) is 5. The van der Waals surface area contributed by atoms with Crippen molar-refractivity contribution < 1.29 is 14.6 Å². The molecule has 5 heteroatoms. The fraction of sp³-hybridized carbons (Fsp3) is 0.562. The van der Waals surface area contributed by atoms with Gasteiger partial charge in [0.25, 0.3) is 0 Å². The minimum atomic E-state index is 0.0110. The molecule has 2 atom stereocenters. The van der Waals surface area contributed by atoms with E-state index in [9.17, 15) is 5.11 Å². The average molecular weight is 292 g/mol. The third kappa shape index (κ3) is 3.40. The van der Waals surface area contributed by atoms with E-state index in [4.69, 9.17) is 9.47 Å². The number of aromatic hydroxyl groups is 1. The Kier molecular flexibility index (Phi) is 4.94. The van der Waals surface area contributed by atoms with Crippen LogP contribution in [0.25, 0.3) is 0 Å². The second kappa shape index (κ2) is 6.70. The Morgan fingerprint density at radius 3 is 2.14 bits per heavy atom. The molecular formula is C16H24N2O3. The summed E-state index contributed by atoms with van der Waals surface area (Å²) >= 11 is 0. The van der Waals surface area contributed by atoms with Gasteiger partial charge in [-0.3, -0.25) is 5.01 Å². The molecule has 1 aromatic carbocycles. The molecule has 116 valence electrons. The molecule has 0 spiro atoms. The van der Waals surface area contributed by atoms with E-state index in [1.807, 2.05) is 0 Å². The molecule has 0 saturated carbocycles. The number of hydrogen-bond donors (Lipinski definition) is 1. The Bertz CT molecular complexity index is 481. The second-order valence-corrected chi connectivity index (χ2v) is 5.53. The molecule has 0 aliphatic carbocycles. The lowest BCUT2D eigenvalue weighted by molar-refractivity contribution is 0.109. The van der Waals surface area contributed by atoms with Gasteiger partial charge in [-0.25, -0.2) is 0 Å². The molecule has 0 aromatic heterocycles. The summed E-state index contributed by atoms with van der Waals surface area (Å²) in [4.78, 5) is 0. The number of rotatable bonds is 4. The highest BCUT2D eigenvalue weighted by molar-refractivity contribution is 5.82. The van der Waals surface area contributed by atoms with Gasteiger partial charge in [0, 0.05) is 17.6 Å². The summed E-state index contributed by atoms with van der Waals surface area (Å²) in [6, 6.07) is 4.40. The van der Waals surface area contributed by atoms with Crippen molar-refractivity contribution in [2.75, 3.05) is 14.2 Å². The van der Waals surface area contributed by atoms with Crippen molar-refractivity contribution in [1.82, 2.24) is 5.01 Å². The molecule has 0 unspecified atom stereocenters. The third-order valence-corrected chi connectivity index (χ3v) is 3.99. The van der Waals surface area contributed by atoms with E-state index in [0.717, 1.165) is 5.56 Å². The van der Waals surface area contributed by atoms with Gasteiger partial charge < -0.3 is 14.6 Å². The quantitative estimate of drug-likeness (QED) is 0.867. The van der Waals surface area contributed by atoms with E-state index >= 15 is 0 Å². The van der Waals surface area contributed by atoms with E-state index in [1.165, 1.54) is 33.5 Å². The van der Waals surface area contributed by atoms with Crippen molar-refractivity contribution in [3.05, 3.63) is 17.7 Å². The normalized spacial score (nSPS) is 22.6. The predicted octanol–water partition coefficient (Wildman–Crippen LogP) is 3.01. The number of nitrogens with zero attached hydrogens (tertiary/aromatic N) is 2. The van der Waals surface area contributed by atoms with Gasteiger partial charge in [-0.15, -0.1) is 0 Å². The van der Waals surface area contributed by atoms with Gasteiger partial charge in [0.15, 0.2) is 11.5 Å². The summed E-state index contributed by atoms with van der Waals surface area (Å²) in [6.07, 6.45) is 5.39. The largest absolute Gasteiger partial charge is 0.502 e. The van der Waals surface area contributed by atoms with Gasteiger partial charge in [-0.05, 0) is 45.2 Å². The first-order chi connectivity index (χ1) is 10.1. The lowest BCUT2D eigenvalue weighted by Gasteiger charge is -2.36. The summed E-state index contributed by atoms with van der Waals surface area (Å²) in [5.74, 6) is 0.781. The van der Waals surface area contributed by atoms with E-state index in [1.54, 1.807) is 18.3 Å². The van der Waals surface area contributed by atoms with Crippen LogP contribution in [0.15, 0.2) is 17.2 Å². The monoisotopic (exact) mass is 292 g/mol. The van der Waals surface area contributed by atoms with Gasteiger partial charge >= 0.3 is 0 Å². The van der Waals surface area contributed by atoms with Crippen LogP contribution in [-0.2, 0) is 0 Å². The highest BCUT2D eigenvalue weighted by Gasteiger charge is 2.22. The number of methoxy groups -OCH3 is 2. The van der Waals surface area contributed by atoms with Crippen LogP contribution in [-0.4, -0.2) is 42.6 Å². The van der Waals surface area contributed by atoms with Crippen molar-refractivity contribution in [1.29, 1.82) is 0 Å². The SMILES string of the molecule is COc1cc(/C=N/N2[C@H](C)CCC[C@H]2C)cc(OC)c1O. The molecule has 1 N–H and O–H groups in total. The molecule has 1 fully saturated rings. The van der Waals surface area contributed by atoms with Gasteiger partial charge in [-0.1, -0.05) is 0 Å². The van der Waals surface area contributed by atoms with Crippen LogP contribution in [0.1, 0.15) is 38.7 Å². The van der Waals surface area contributed by atoms with Gasteiger partial charge in [0.1, 0.15) is 0 Å². The summed E-state index contributed by atoms with van der Waals surface area (Å²) < 4.78 is 10.3. The van der Waals surface area contributed by atoms with Crippen LogP contribution < -0.4 is 9.47 Å². The Morgan fingerprint density at radius 1 is 1.14 bits per heavy atom. The zero-order valence-corrected chi connectivity index (χ0v) is 13.2. The van der Waals surface area contributed by atoms with Crippen LogP contribution in [0.2, 0.25) is 0 Å². The zero-order chi connectivity index (χ0) is 15.4. The fourth-order valence-corrected chi connectivity index (χ4v) is 2.76. The number of phenols is 1. The number of ether oxygens (including phenoxy) is 2. The first-order valence-electron chi connectivity index (χ1n) is 7.34. The summed E-state index contributed by atoms with van der Waals surface area (Å²) in [6.45, 7) is 4.40. The second-order valence-electron chi connectivity index (χ2n) is 5.53. The van der Waals surface area contributed by atoms with Gasteiger partial charge in [-0.2, -0.15) is 5.10 Å². The molecule has 21 heavy (non-hydrogen) atoms.